The summed E-state index contributed by atoms with van der Waals surface area (Å²) in [4.78, 5) is 21.9. The van der Waals surface area contributed by atoms with E-state index < -0.39 is 0 Å². The fourth-order valence-corrected chi connectivity index (χ4v) is 4.39. The number of thiazole rings is 1. The zero-order valence-electron chi connectivity index (χ0n) is 16.8. The van der Waals surface area contributed by atoms with Crippen molar-refractivity contribution in [2.24, 2.45) is 0 Å². The summed E-state index contributed by atoms with van der Waals surface area (Å²) in [6, 6.07) is 11.8. The lowest BCUT2D eigenvalue weighted by molar-refractivity contribution is -0.118. The average Bonchev–Trinajstić information content (AvgIpc) is 3.19. The monoisotopic (exact) mass is 429 g/mol. The first-order valence-electron chi connectivity index (χ1n) is 9.92. The Balaban J connectivity index is 1.56. The van der Waals surface area contributed by atoms with Gasteiger partial charge in [-0.05, 0) is 29.8 Å². The third-order valence-electron chi connectivity index (χ3n) is 5.13. The van der Waals surface area contributed by atoms with Crippen LogP contribution in [0.3, 0.4) is 0 Å². The highest BCUT2D eigenvalue weighted by molar-refractivity contribution is 7.22. The van der Waals surface area contributed by atoms with Gasteiger partial charge in [0.25, 0.3) is 0 Å². The first-order valence-corrected chi connectivity index (χ1v) is 10.7. The van der Waals surface area contributed by atoms with Crippen molar-refractivity contribution < 1.29 is 18.7 Å². The van der Waals surface area contributed by atoms with Gasteiger partial charge < -0.3 is 9.47 Å². The van der Waals surface area contributed by atoms with Crippen molar-refractivity contribution in [1.29, 1.82) is 0 Å². The molecule has 0 atom stereocenters. The number of nitrogens with zero attached hydrogens (tertiary/aromatic N) is 3. The van der Waals surface area contributed by atoms with E-state index in [1.807, 2.05) is 18.2 Å². The Bertz CT molecular complexity index is 1000. The standard InChI is InChI=1S/C22H24FN3O3S/c1-28-18-6-7-20-19(15-18)24-22(30-20)26(9-8-25-10-12-29-13-11-25)21(27)14-16-2-4-17(23)5-3-16/h2-7,15H,8-14H2,1H3. The molecule has 4 rings (SSSR count). The summed E-state index contributed by atoms with van der Waals surface area (Å²) in [5.41, 5.74) is 1.58. The second kappa shape index (κ2) is 9.51. The molecule has 1 amide bonds. The third-order valence-corrected chi connectivity index (χ3v) is 6.19. The highest BCUT2D eigenvalue weighted by Gasteiger charge is 2.22. The molecule has 1 aliphatic rings. The lowest BCUT2D eigenvalue weighted by Gasteiger charge is -2.29. The van der Waals surface area contributed by atoms with Gasteiger partial charge >= 0.3 is 0 Å². The number of amides is 1. The molecular weight excluding hydrogens is 405 g/mol. The summed E-state index contributed by atoms with van der Waals surface area (Å²) in [5, 5.41) is 0.665. The van der Waals surface area contributed by atoms with Crippen molar-refractivity contribution in [3.05, 3.63) is 53.8 Å². The van der Waals surface area contributed by atoms with Gasteiger partial charge in [-0.2, -0.15) is 0 Å². The Kier molecular flexibility index (Phi) is 6.56. The minimum absolute atomic E-state index is 0.0547. The topological polar surface area (TPSA) is 54.9 Å². The second-order valence-corrected chi connectivity index (χ2v) is 8.14. The number of morpholine rings is 1. The van der Waals surface area contributed by atoms with Crippen LogP contribution in [-0.2, 0) is 16.0 Å². The lowest BCUT2D eigenvalue weighted by atomic mass is 10.1. The Hall–Kier alpha value is -2.55. The van der Waals surface area contributed by atoms with E-state index in [1.165, 1.54) is 23.5 Å². The first kappa shape index (κ1) is 20.7. The molecule has 158 valence electrons. The van der Waals surface area contributed by atoms with Crippen molar-refractivity contribution in [2.75, 3.05) is 51.4 Å². The summed E-state index contributed by atoms with van der Waals surface area (Å²) in [6.07, 6.45) is 0.197. The van der Waals surface area contributed by atoms with Gasteiger partial charge in [0, 0.05) is 32.2 Å². The van der Waals surface area contributed by atoms with E-state index in [4.69, 9.17) is 14.5 Å². The molecule has 3 aromatic rings. The molecule has 1 aliphatic heterocycles. The molecule has 30 heavy (non-hydrogen) atoms. The third kappa shape index (κ3) is 4.95. The number of rotatable bonds is 7. The van der Waals surface area contributed by atoms with E-state index >= 15 is 0 Å². The molecular formula is C22H24FN3O3S. The molecule has 0 aliphatic carbocycles. The largest absolute Gasteiger partial charge is 0.497 e. The quantitative estimate of drug-likeness (QED) is 0.577. The molecule has 0 spiro atoms. The maximum atomic E-state index is 13.2. The molecule has 0 N–H and O–H groups in total. The Morgan fingerprint density at radius 3 is 2.73 bits per heavy atom. The summed E-state index contributed by atoms with van der Waals surface area (Å²) in [5.74, 6) is 0.369. The van der Waals surface area contributed by atoms with Gasteiger partial charge in [0.05, 0.1) is 37.0 Å². The summed E-state index contributed by atoms with van der Waals surface area (Å²) < 4.78 is 24.9. The molecule has 1 aromatic heterocycles. The SMILES string of the molecule is COc1ccc2sc(N(CCN3CCOCC3)C(=O)Cc3ccc(F)cc3)nc2c1. The number of carbonyl (C=O) groups is 1. The molecule has 0 unspecified atom stereocenters. The fourth-order valence-electron chi connectivity index (χ4n) is 3.40. The lowest BCUT2D eigenvalue weighted by Crippen LogP contribution is -2.43. The Morgan fingerprint density at radius 2 is 2.00 bits per heavy atom. The van der Waals surface area contributed by atoms with E-state index in [2.05, 4.69) is 4.90 Å². The van der Waals surface area contributed by atoms with Crippen molar-refractivity contribution >= 4 is 32.6 Å². The number of carbonyl (C=O) groups excluding carboxylic acids is 1. The first-order chi connectivity index (χ1) is 14.6. The average molecular weight is 430 g/mol. The number of hydrogen-bond acceptors (Lipinski definition) is 6. The molecule has 1 fully saturated rings. The number of anilines is 1. The van der Waals surface area contributed by atoms with Crippen molar-refractivity contribution in [3.8, 4) is 5.75 Å². The van der Waals surface area contributed by atoms with Crippen LogP contribution in [0, 0.1) is 5.82 Å². The van der Waals surface area contributed by atoms with Crippen LogP contribution < -0.4 is 9.64 Å². The van der Waals surface area contributed by atoms with E-state index in [-0.39, 0.29) is 18.1 Å². The molecule has 0 saturated carbocycles. The number of halogens is 1. The molecule has 1 saturated heterocycles. The van der Waals surface area contributed by atoms with Crippen LogP contribution in [0.1, 0.15) is 5.56 Å². The van der Waals surface area contributed by atoms with Crippen molar-refractivity contribution in [1.82, 2.24) is 9.88 Å². The van der Waals surface area contributed by atoms with Crippen LogP contribution in [-0.4, -0.2) is 62.3 Å². The molecule has 8 heteroatoms. The number of methoxy groups -OCH3 is 1. The van der Waals surface area contributed by atoms with Gasteiger partial charge in [0.15, 0.2) is 5.13 Å². The zero-order valence-corrected chi connectivity index (χ0v) is 17.7. The molecule has 0 bridgehead atoms. The highest BCUT2D eigenvalue weighted by atomic mass is 32.1. The van der Waals surface area contributed by atoms with Gasteiger partial charge in [0.2, 0.25) is 5.91 Å². The number of benzene rings is 2. The van der Waals surface area contributed by atoms with Gasteiger partial charge in [-0.1, -0.05) is 23.5 Å². The van der Waals surface area contributed by atoms with Gasteiger partial charge in [-0.3, -0.25) is 14.6 Å². The molecule has 2 aromatic carbocycles. The smallest absolute Gasteiger partial charge is 0.233 e. The maximum Gasteiger partial charge on any atom is 0.233 e. The van der Waals surface area contributed by atoms with E-state index in [1.54, 1.807) is 24.1 Å². The van der Waals surface area contributed by atoms with E-state index in [0.29, 0.717) is 24.9 Å². The maximum absolute atomic E-state index is 13.2. The number of ether oxygens (including phenoxy) is 2. The predicted octanol–water partition coefficient (Wildman–Crippen LogP) is 3.35. The van der Waals surface area contributed by atoms with Crippen LogP contribution in [0.4, 0.5) is 9.52 Å². The van der Waals surface area contributed by atoms with E-state index in [9.17, 15) is 9.18 Å². The molecule has 2 heterocycles. The highest BCUT2D eigenvalue weighted by Crippen LogP contribution is 2.31. The normalized spacial score (nSPS) is 14.7. The Labute approximate surface area is 178 Å². The Morgan fingerprint density at radius 1 is 1.23 bits per heavy atom. The van der Waals surface area contributed by atoms with Gasteiger partial charge in [0.1, 0.15) is 11.6 Å². The molecule has 0 radical (unpaired) electrons. The van der Waals surface area contributed by atoms with Crippen molar-refractivity contribution in [3.63, 3.8) is 0 Å². The minimum Gasteiger partial charge on any atom is -0.497 e. The van der Waals surface area contributed by atoms with Crippen LogP contribution in [0.5, 0.6) is 5.75 Å². The van der Waals surface area contributed by atoms with Crippen LogP contribution >= 0.6 is 11.3 Å². The van der Waals surface area contributed by atoms with Gasteiger partial charge in [-0.25, -0.2) is 9.37 Å². The minimum atomic E-state index is -0.310. The number of hydrogen-bond donors (Lipinski definition) is 0. The van der Waals surface area contributed by atoms with Crippen molar-refractivity contribution in [2.45, 2.75) is 6.42 Å². The second-order valence-electron chi connectivity index (χ2n) is 7.13. The predicted molar refractivity (Wildman–Crippen MR) is 116 cm³/mol. The van der Waals surface area contributed by atoms with E-state index in [0.717, 1.165) is 41.2 Å². The van der Waals surface area contributed by atoms with Crippen LogP contribution in [0.15, 0.2) is 42.5 Å². The number of aromatic nitrogens is 1. The number of fused-ring (bicyclic) bond motifs is 1. The fraction of sp³-hybridized carbons (Fsp3) is 0.364. The summed E-state index contributed by atoms with van der Waals surface area (Å²) >= 11 is 1.49. The van der Waals surface area contributed by atoms with Gasteiger partial charge in [-0.15, -0.1) is 0 Å². The summed E-state index contributed by atoms with van der Waals surface area (Å²) in [6.45, 7) is 4.43. The van der Waals surface area contributed by atoms with Crippen LogP contribution in [0.2, 0.25) is 0 Å². The summed E-state index contributed by atoms with van der Waals surface area (Å²) in [7, 11) is 1.62. The zero-order chi connectivity index (χ0) is 20.9. The molecule has 6 nitrogen and oxygen atoms in total. The van der Waals surface area contributed by atoms with Crippen LogP contribution in [0.25, 0.3) is 10.2 Å².